The first-order valence-electron chi connectivity index (χ1n) is 31.4. The Balaban J connectivity index is 1.10. The molecule has 0 aromatic rings. The molecule has 86 heavy (non-hydrogen) atoms. The zero-order chi connectivity index (χ0) is 64.4. The van der Waals surface area contributed by atoms with Crippen molar-refractivity contribution in [2.45, 2.75) is 267 Å². The van der Waals surface area contributed by atoms with Gasteiger partial charge in [-0.15, -0.1) is 11.6 Å². The van der Waals surface area contributed by atoms with Crippen molar-refractivity contribution in [1.29, 1.82) is 0 Å². The Morgan fingerprint density at radius 3 is 2.16 bits per heavy atom. The number of rotatable bonds is 14. The summed E-state index contributed by atoms with van der Waals surface area (Å²) < 4.78 is 67.2. The minimum Gasteiger partial charge on any atom is -0.464 e. The molecule has 6 N–H and O–H groups in total. The van der Waals surface area contributed by atoms with Crippen molar-refractivity contribution in [2.24, 2.45) is 46.3 Å². The minimum absolute atomic E-state index is 0.0456. The molecule has 4 aliphatic carbocycles. The predicted molar refractivity (Wildman–Crippen MR) is 316 cm³/mol. The number of unbranched alkanes of at least 4 members (excludes halogenated alkanes) is 1. The van der Waals surface area contributed by atoms with E-state index >= 15 is 4.39 Å². The number of carbonyl (C=O) groups excluding carboxylic acids is 4. The van der Waals surface area contributed by atoms with Gasteiger partial charge in [-0.25, -0.2) is 9.18 Å². The molecule has 20 nitrogen and oxygen atoms in total. The molecule has 3 aliphatic heterocycles. The maximum Gasteiger partial charge on any atom is 0.338 e. The number of likely N-dealkylation sites (N-methyl/N-ethyl adjacent to an activating group) is 2. The van der Waals surface area contributed by atoms with E-state index in [1.807, 2.05) is 37.7 Å². The number of esters is 3. The summed E-state index contributed by atoms with van der Waals surface area (Å²) in [5.74, 6) is -6.73. The van der Waals surface area contributed by atoms with E-state index in [4.69, 9.17) is 49.5 Å². The highest BCUT2D eigenvalue weighted by Gasteiger charge is 2.76. The fourth-order valence-corrected chi connectivity index (χ4v) is 17.2. The molecular formula is C64H104ClFN2O18. The van der Waals surface area contributed by atoms with Crippen LogP contribution < -0.4 is 0 Å². The molecule has 7 aliphatic rings. The van der Waals surface area contributed by atoms with Crippen molar-refractivity contribution in [1.82, 2.24) is 9.80 Å². The summed E-state index contributed by atoms with van der Waals surface area (Å²) in [4.78, 5) is 57.9. The van der Waals surface area contributed by atoms with Gasteiger partial charge in [-0.1, -0.05) is 47.6 Å². The number of ether oxygens (including phenoxy) is 8. The quantitative estimate of drug-likeness (QED) is 0.0525. The summed E-state index contributed by atoms with van der Waals surface area (Å²) in [7, 11) is 6.98. The van der Waals surface area contributed by atoms with Gasteiger partial charge in [0.2, 0.25) is 0 Å². The van der Waals surface area contributed by atoms with Gasteiger partial charge >= 0.3 is 17.9 Å². The smallest absolute Gasteiger partial charge is 0.338 e. The van der Waals surface area contributed by atoms with E-state index in [2.05, 4.69) is 0 Å². The molecule has 0 aromatic heterocycles. The molecule has 0 amide bonds. The standard InChI is InChI=1S/C64H104ClFN2O18/c1-18-47-62(13,77)52(72)38(7)68(16)32-33(2)29-60(11,76)54(36(5)50(37(6)55(74)83-47)85-49-31-61(12,79-17)53(73)39(8)82-49)86-56-51(45(67(14)15)26-35(4)81-56)84-48(71)21-19-20-24-80-57(75)64(78)34(3)25-41-42-28-44(66)43-27-40(69)22-23-58(43,9)63(42,65)46(70)30-59(41,64)10/h22-23,27,33-39,41-42,44-47,49-54,56,70,72-73,76-78H,18-21,24-26,28-32H2,1-17H3/t33-,34-,35?,36+,37-,38-,39?,41?,42?,44+,45-,46+,47-,49?,50+,51-,52-,53-,54-,56?,58+,59+,60-,61+,62-,63+,64+/m1/s1. The molecule has 3 saturated carbocycles. The van der Waals surface area contributed by atoms with E-state index in [0.29, 0.717) is 19.4 Å². The van der Waals surface area contributed by atoms with E-state index in [9.17, 15) is 49.8 Å². The van der Waals surface area contributed by atoms with Gasteiger partial charge in [0.1, 0.15) is 30.1 Å². The van der Waals surface area contributed by atoms with E-state index in [-0.39, 0.29) is 75.2 Å². The Hall–Kier alpha value is -2.74. The Kier molecular flexibility index (Phi) is 21.8. The van der Waals surface area contributed by atoms with Crippen LogP contribution in [-0.4, -0.2) is 219 Å². The summed E-state index contributed by atoms with van der Waals surface area (Å²) in [6.45, 7) is 22.6. The zero-order valence-electron chi connectivity index (χ0n) is 54.0. The van der Waals surface area contributed by atoms with Crippen LogP contribution in [0.5, 0.6) is 0 Å². The number of aliphatic hydroxyl groups is 6. The second-order valence-corrected chi connectivity index (χ2v) is 29.1. The number of halogens is 2. The lowest BCUT2D eigenvalue weighted by atomic mass is 9.45. The highest BCUT2D eigenvalue weighted by atomic mass is 35.5. The van der Waals surface area contributed by atoms with E-state index in [1.54, 1.807) is 82.4 Å². The number of hydrogen-bond donors (Lipinski definition) is 6. The lowest BCUT2D eigenvalue weighted by molar-refractivity contribution is -0.319. The van der Waals surface area contributed by atoms with Gasteiger partial charge in [0.15, 0.2) is 30.1 Å². The average Bonchev–Trinajstić information content (AvgIpc) is 1.30. The fourth-order valence-electron chi connectivity index (χ4n) is 16.7. The molecule has 22 heteroatoms. The molecule has 6 unspecified atom stereocenters. The number of allylic oxidation sites excluding steroid dienone is 4. The second kappa shape index (κ2) is 26.5. The number of methoxy groups -OCH3 is 1. The zero-order valence-corrected chi connectivity index (χ0v) is 54.8. The first kappa shape index (κ1) is 70.7. The van der Waals surface area contributed by atoms with Gasteiger partial charge in [-0.3, -0.25) is 14.4 Å². The van der Waals surface area contributed by atoms with Crippen LogP contribution in [0.1, 0.15) is 154 Å². The van der Waals surface area contributed by atoms with Crippen molar-refractivity contribution >= 4 is 35.3 Å². The molecule has 0 bridgehead atoms. The highest BCUT2D eigenvalue weighted by Crippen LogP contribution is 2.71. The van der Waals surface area contributed by atoms with Crippen LogP contribution in [0.3, 0.4) is 0 Å². The average molecular weight is 1240 g/mol. The van der Waals surface area contributed by atoms with Crippen LogP contribution in [0.2, 0.25) is 0 Å². The number of ketones is 1. The molecule has 492 valence electrons. The lowest BCUT2D eigenvalue weighted by Gasteiger charge is -2.64. The third-order valence-electron chi connectivity index (χ3n) is 22.0. The first-order chi connectivity index (χ1) is 39.8. The molecule has 0 radical (unpaired) electrons. The van der Waals surface area contributed by atoms with Crippen molar-refractivity contribution in [3.05, 3.63) is 23.8 Å². The van der Waals surface area contributed by atoms with Gasteiger partial charge in [0.05, 0.1) is 65.2 Å². The van der Waals surface area contributed by atoms with Crippen LogP contribution in [-0.2, 0) is 57.1 Å². The normalized spacial score (nSPS) is 48.9. The fraction of sp³-hybridized carbons (Fsp3) is 0.875. The number of alkyl halides is 2. The molecule has 27 atom stereocenters. The number of hydrogen-bond acceptors (Lipinski definition) is 20. The number of cyclic esters (lactones) is 1. The largest absolute Gasteiger partial charge is 0.464 e. The summed E-state index contributed by atoms with van der Waals surface area (Å²) in [6, 6.07) is -1.09. The van der Waals surface area contributed by atoms with E-state index in [0.717, 1.165) is 0 Å². The number of carbonyl (C=O) groups is 4. The molecule has 0 aromatic carbocycles. The molecule has 6 fully saturated rings. The van der Waals surface area contributed by atoms with Crippen molar-refractivity contribution < 1.29 is 92.1 Å². The topological polar surface area (TPSA) is 270 Å². The van der Waals surface area contributed by atoms with Crippen LogP contribution in [0.15, 0.2) is 23.8 Å². The first-order valence-corrected chi connectivity index (χ1v) is 31.8. The summed E-state index contributed by atoms with van der Waals surface area (Å²) in [5, 5.41) is 72.5. The number of fused-ring (bicyclic) bond motifs is 5. The lowest BCUT2D eigenvalue weighted by Crippen LogP contribution is -2.70. The van der Waals surface area contributed by atoms with Crippen molar-refractivity contribution in [2.75, 3.05) is 41.4 Å². The van der Waals surface area contributed by atoms with E-state index in [1.165, 1.54) is 26.2 Å². The second-order valence-electron chi connectivity index (χ2n) is 28.5. The van der Waals surface area contributed by atoms with Gasteiger partial charge < -0.3 is 78.3 Å². The van der Waals surface area contributed by atoms with Gasteiger partial charge in [0.25, 0.3) is 0 Å². The van der Waals surface area contributed by atoms with Gasteiger partial charge in [0, 0.05) is 49.3 Å². The Morgan fingerprint density at radius 2 is 1.53 bits per heavy atom. The number of aliphatic hydroxyl groups excluding tert-OH is 3. The van der Waals surface area contributed by atoms with E-state index < -0.39 is 171 Å². The van der Waals surface area contributed by atoms with Crippen molar-refractivity contribution in [3.8, 4) is 0 Å². The highest BCUT2D eigenvalue weighted by molar-refractivity contribution is 6.26. The molecule has 3 heterocycles. The SMILES string of the molecule is CC[C@H]1OC(=O)[C@H](C)[C@@H](OC2C[C@](C)(OC)[C@H](O)C(C)O2)[C@H](C)[C@@H](OC2OC(C)C[C@@H](N(C)C)[C@H]2OC(=O)CCCCOC(=O)[C@@]2(O)[C@H](C)CC3C4C[C@H](F)C5=CC(=O)C=C[C@]5(C)[C@@]4(Cl)[C@@H](O)C[C@@]32C)[C@](C)(O)C[C@@H](C)CN(C)[C@H](C)[C@@H](O)[C@]1(C)O. The Morgan fingerprint density at radius 1 is 0.872 bits per heavy atom. The van der Waals surface area contributed by atoms with Crippen LogP contribution in [0, 0.1) is 46.3 Å². The molecule has 3 saturated heterocycles. The Bertz CT molecular complexity index is 2490. The minimum atomic E-state index is -2.07. The van der Waals surface area contributed by atoms with Crippen LogP contribution >= 0.6 is 11.6 Å². The van der Waals surface area contributed by atoms with Gasteiger partial charge in [-0.2, -0.15) is 0 Å². The van der Waals surface area contributed by atoms with Gasteiger partial charge in [-0.05, 0) is 162 Å². The molecular weight excluding hydrogens is 1140 g/mol. The Labute approximate surface area is 514 Å². The number of nitrogens with zero attached hydrogens (tertiary/aromatic N) is 2. The van der Waals surface area contributed by atoms with Crippen LogP contribution in [0.25, 0.3) is 0 Å². The maximum atomic E-state index is 16.2. The van der Waals surface area contributed by atoms with Crippen molar-refractivity contribution in [3.63, 3.8) is 0 Å². The summed E-state index contributed by atoms with van der Waals surface area (Å²) in [5.41, 5.74) is -9.04. The van der Waals surface area contributed by atoms with Crippen LogP contribution in [0.4, 0.5) is 4.39 Å². The maximum absolute atomic E-state index is 16.2. The third-order valence-corrected chi connectivity index (χ3v) is 22.9. The molecule has 7 rings (SSSR count). The monoisotopic (exact) mass is 1240 g/mol. The summed E-state index contributed by atoms with van der Waals surface area (Å²) >= 11 is 7.52. The third kappa shape index (κ3) is 12.9. The molecule has 0 spiro atoms. The summed E-state index contributed by atoms with van der Waals surface area (Å²) in [6.07, 6.45) is -7.99. The predicted octanol–water partition coefficient (Wildman–Crippen LogP) is 5.73.